The van der Waals surface area contributed by atoms with Crippen LogP contribution in [0.5, 0.6) is 0 Å². The second kappa shape index (κ2) is 5.71. The number of hydrogen-bond acceptors (Lipinski definition) is 3. The topological polar surface area (TPSA) is 76.4 Å². The van der Waals surface area contributed by atoms with Gasteiger partial charge < -0.3 is 21.1 Å². The monoisotopic (exact) mass is 277 g/mol. The van der Waals surface area contributed by atoms with Gasteiger partial charge in [0.15, 0.2) is 0 Å². The Morgan fingerprint density at radius 2 is 2.15 bits per heavy atom. The first-order chi connectivity index (χ1) is 9.43. The number of primary amides is 1. The summed E-state index contributed by atoms with van der Waals surface area (Å²) in [4.78, 5) is 10.9. The zero-order valence-corrected chi connectivity index (χ0v) is 12.3. The first kappa shape index (κ1) is 14.7. The molecule has 2 unspecified atom stereocenters. The molecule has 4 N–H and O–H groups in total. The Labute approximate surface area is 119 Å². The van der Waals surface area contributed by atoms with E-state index in [9.17, 15) is 4.79 Å². The van der Waals surface area contributed by atoms with Gasteiger partial charge in [-0.05, 0) is 31.5 Å². The van der Waals surface area contributed by atoms with Crippen molar-refractivity contribution in [1.82, 2.24) is 0 Å². The Kier molecular flexibility index (Phi) is 4.18. The molecule has 0 aromatic heterocycles. The number of amides is 2. The predicted molar refractivity (Wildman–Crippen MR) is 80.9 cm³/mol. The molecule has 5 heteroatoms. The van der Waals surface area contributed by atoms with E-state index < -0.39 is 6.03 Å². The summed E-state index contributed by atoms with van der Waals surface area (Å²) in [5, 5.41) is 6.08. The van der Waals surface area contributed by atoms with Crippen LogP contribution in [0.15, 0.2) is 24.3 Å². The number of hydrogen-bond donors (Lipinski definition) is 3. The number of ether oxygens (including phenoxy) is 1. The van der Waals surface area contributed by atoms with E-state index >= 15 is 0 Å². The molecule has 110 valence electrons. The van der Waals surface area contributed by atoms with Crippen molar-refractivity contribution in [3.05, 3.63) is 24.3 Å². The number of nitrogens with two attached hydrogens (primary N) is 1. The highest BCUT2D eigenvalue weighted by molar-refractivity contribution is 5.88. The molecule has 0 heterocycles. The lowest BCUT2D eigenvalue weighted by atomic mass is 9.64. The third-order valence-electron chi connectivity index (χ3n) is 4.02. The molecule has 1 fully saturated rings. The second-order valence-corrected chi connectivity index (χ2v) is 5.77. The summed E-state index contributed by atoms with van der Waals surface area (Å²) in [6.45, 7) is 7.19. The molecule has 2 atom stereocenters. The maximum Gasteiger partial charge on any atom is 0.316 e. The van der Waals surface area contributed by atoms with Gasteiger partial charge >= 0.3 is 6.03 Å². The molecule has 1 aliphatic carbocycles. The fourth-order valence-corrected chi connectivity index (χ4v) is 2.64. The second-order valence-electron chi connectivity index (χ2n) is 5.77. The van der Waals surface area contributed by atoms with Crippen LogP contribution in [0.4, 0.5) is 16.2 Å². The van der Waals surface area contributed by atoms with Gasteiger partial charge in [-0.2, -0.15) is 0 Å². The van der Waals surface area contributed by atoms with Crippen LogP contribution >= 0.6 is 0 Å². The maximum atomic E-state index is 10.9. The van der Waals surface area contributed by atoms with Gasteiger partial charge in [-0.25, -0.2) is 4.79 Å². The summed E-state index contributed by atoms with van der Waals surface area (Å²) in [6.07, 6.45) is 1.30. The number of anilines is 2. The molecule has 0 bridgehead atoms. The highest BCUT2D eigenvalue weighted by Crippen LogP contribution is 2.44. The molecule has 1 aromatic carbocycles. The van der Waals surface area contributed by atoms with Crippen LogP contribution in [0.25, 0.3) is 0 Å². The molecule has 1 aromatic rings. The number of urea groups is 1. The normalized spacial score (nSPS) is 23.8. The van der Waals surface area contributed by atoms with Gasteiger partial charge in [-0.15, -0.1) is 0 Å². The molecule has 0 saturated heterocycles. The molecule has 20 heavy (non-hydrogen) atoms. The van der Waals surface area contributed by atoms with Gasteiger partial charge in [0.25, 0.3) is 0 Å². The Morgan fingerprint density at radius 1 is 1.45 bits per heavy atom. The minimum Gasteiger partial charge on any atom is -0.382 e. The fourth-order valence-electron chi connectivity index (χ4n) is 2.64. The van der Waals surface area contributed by atoms with Gasteiger partial charge in [0, 0.05) is 29.4 Å². The van der Waals surface area contributed by atoms with E-state index in [1.807, 2.05) is 31.2 Å². The summed E-state index contributed by atoms with van der Waals surface area (Å²) >= 11 is 0. The van der Waals surface area contributed by atoms with Gasteiger partial charge in [-0.3, -0.25) is 0 Å². The summed E-state index contributed by atoms with van der Waals surface area (Å²) in [6, 6.07) is 7.38. The third-order valence-corrected chi connectivity index (χ3v) is 4.02. The highest BCUT2D eigenvalue weighted by Gasteiger charge is 2.48. The van der Waals surface area contributed by atoms with Crippen molar-refractivity contribution in [3.63, 3.8) is 0 Å². The number of benzene rings is 1. The minimum absolute atomic E-state index is 0.100. The van der Waals surface area contributed by atoms with Gasteiger partial charge in [0.1, 0.15) is 0 Å². The van der Waals surface area contributed by atoms with Crippen molar-refractivity contribution in [2.24, 2.45) is 11.1 Å². The summed E-state index contributed by atoms with van der Waals surface area (Å²) < 4.78 is 5.72. The smallest absolute Gasteiger partial charge is 0.316 e. The molecular weight excluding hydrogens is 254 g/mol. The molecule has 5 nitrogen and oxygen atoms in total. The molecule has 1 saturated carbocycles. The van der Waals surface area contributed by atoms with Crippen molar-refractivity contribution in [2.45, 2.75) is 39.3 Å². The minimum atomic E-state index is -0.553. The number of nitrogens with one attached hydrogen (secondary N) is 2. The van der Waals surface area contributed by atoms with Gasteiger partial charge in [0.2, 0.25) is 0 Å². The number of carbonyl (C=O) groups is 1. The standard InChI is InChI=1S/C15H23N3O2/c1-4-20-13-9-12(15(13,2)3)17-10-6-5-7-11(8-10)18-14(16)19/h5-8,12-13,17H,4,9H2,1-3H3,(H3,16,18,19). The number of carbonyl (C=O) groups excluding carboxylic acids is 1. The largest absolute Gasteiger partial charge is 0.382 e. The predicted octanol–water partition coefficient (Wildman–Crippen LogP) is 2.79. The van der Waals surface area contributed by atoms with E-state index in [0.717, 1.165) is 18.7 Å². The van der Waals surface area contributed by atoms with Crippen molar-refractivity contribution < 1.29 is 9.53 Å². The van der Waals surface area contributed by atoms with Crippen molar-refractivity contribution in [3.8, 4) is 0 Å². The van der Waals surface area contributed by atoms with Crippen molar-refractivity contribution in [2.75, 3.05) is 17.2 Å². The third kappa shape index (κ3) is 3.04. The lowest BCUT2D eigenvalue weighted by Crippen LogP contribution is -2.58. The summed E-state index contributed by atoms with van der Waals surface area (Å²) in [5.41, 5.74) is 6.89. The van der Waals surface area contributed by atoms with E-state index in [-0.39, 0.29) is 5.41 Å². The maximum absolute atomic E-state index is 10.9. The summed E-state index contributed by atoms with van der Waals surface area (Å²) in [5.74, 6) is 0. The van der Waals surface area contributed by atoms with E-state index in [4.69, 9.17) is 10.5 Å². The van der Waals surface area contributed by atoms with Crippen molar-refractivity contribution in [1.29, 1.82) is 0 Å². The van der Waals surface area contributed by atoms with Crippen LogP contribution in [-0.2, 0) is 4.74 Å². The van der Waals surface area contributed by atoms with E-state index in [1.54, 1.807) is 0 Å². The van der Waals surface area contributed by atoms with E-state index in [2.05, 4.69) is 24.5 Å². The Hall–Kier alpha value is -1.75. The zero-order valence-electron chi connectivity index (χ0n) is 12.3. The molecule has 0 spiro atoms. The molecule has 0 radical (unpaired) electrons. The first-order valence-electron chi connectivity index (χ1n) is 6.98. The molecule has 1 aliphatic rings. The molecule has 2 amide bonds. The Morgan fingerprint density at radius 3 is 2.75 bits per heavy atom. The van der Waals surface area contributed by atoms with Crippen LogP contribution in [0.3, 0.4) is 0 Å². The number of rotatable bonds is 5. The fraction of sp³-hybridized carbons (Fsp3) is 0.533. The Balaban J connectivity index is 1.99. The quantitative estimate of drug-likeness (QED) is 0.774. The van der Waals surface area contributed by atoms with Crippen LogP contribution in [0.1, 0.15) is 27.2 Å². The molecular formula is C15H23N3O2. The van der Waals surface area contributed by atoms with E-state index in [1.165, 1.54) is 0 Å². The molecule has 2 rings (SSSR count). The Bertz CT molecular complexity index is 488. The van der Waals surface area contributed by atoms with Crippen LogP contribution < -0.4 is 16.4 Å². The first-order valence-corrected chi connectivity index (χ1v) is 6.98. The highest BCUT2D eigenvalue weighted by atomic mass is 16.5. The zero-order chi connectivity index (χ0) is 14.8. The molecule has 0 aliphatic heterocycles. The SMILES string of the molecule is CCOC1CC(Nc2cccc(NC(N)=O)c2)C1(C)C. The van der Waals surface area contributed by atoms with Gasteiger partial charge in [0.05, 0.1) is 6.10 Å². The average Bonchev–Trinajstić information content (AvgIpc) is 2.37. The van der Waals surface area contributed by atoms with Crippen LogP contribution in [-0.4, -0.2) is 24.8 Å². The van der Waals surface area contributed by atoms with Crippen molar-refractivity contribution >= 4 is 17.4 Å². The van der Waals surface area contributed by atoms with E-state index in [0.29, 0.717) is 17.8 Å². The van der Waals surface area contributed by atoms with Crippen LogP contribution in [0.2, 0.25) is 0 Å². The average molecular weight is 277 g/mol. The lowest BCUT2D eigenvalue weighted by molar-refractivity contribution is -0.0975. The van der Waals surface area contributed by atoms with Crippen LogP contribution in [0, 0.1) is 5.41 Å². The lowest BCUT2D eigenvalue weighted by Gasteiger charge is -2.52. The summed E-state index contributed by atoms with van der Waals surface area (Å²) in [7, 11) is 0. The van der Waals surface area contributed by atoms with Gasteiger partial charge in [-0.1, -0.05) is 19.9 Å².